The highest BCUT2D eigenvalue weighted by Crippen LogP contribution is 2.32. The molecular weight excluding hydrogens is 228 g/mol. The third kappa shape index (κ3) is 2.70. The van der Waals surface area contributed by atoms with Crippen LogP contribution in [-0.2, 0) is 0 Å². The summed E-state index contributed by atoms with van der Waals surface area (Å²) < 4.78 is 10.7. The van der Waals surface area contributed by atoms with E-state index >= 15 is 0 Å². The normalized spacial score (nSPS) is 16.7. The van der Waals surface area contributed by atoms with Gasteiger partial charge in [-0.05, 0) is 18.7 Å². The summed E-state index contributed by atoms with van der Waals surface area (Å²) in [5, 5.41) is 0. The standard InChI is InChI=1S/C14H22N2O2/c1-4-15-7-9-16(10-8-15)13-6-5-12(17-2)11-14(13)18-3/h5-6,11H,4,7-10H2,1-3H3. The van der Waals surface area contributed by atoms with E-state index in [0.717, 1.165) is 49.9 Å². The third-order valence-corrected chi connectivity index (χ3v) is 3.55. The van der Waals surface area contributed by atoms with Gasteiger partial charge in [0.25, 0.3) is 0 Å². The Labute approximate surface area is 109 Å². The molecule has 1 aliphatic rings. The van der Waals surface area contributed by atoms with Crippen LogP contribution in [0.4, 0.5) is 5.69 Å². The first kappa shape index (κ1) is 13.0. The predicted molar refractivity (Wildman–Crippen MR) is 73.9 cm³/mol. The maximum Gasteiger partial charge on any atom is 0.145 e. The minimum absolute atomic E-state index is 0.836. The molecule has 1 heterocycles. The van der Waals surface area contributed by atoms with Crippen molar-refractivity contribution in [3.8, 4) is 11.5 Å². The molecule has 0 aromatic heterocycles. The van der Waals surface area contributed by atoms with Gasteiger partial charge in [-0.2, -0.15) is 0 Å². The van der Waals surface area contributed by atoms with E-state index in [4.69, 9.17) is 9.47 Å². The number of anilines is 1. The molecule has 1 aliphatic heterocycles. The number of benzene rings is 1. The van der Waals surface area contributed by atoms with Gasteiger partial charge in [-0.25, -0.2) is 0 Å². The predicted octanol–water partition coefficient (Wildman–Crippen LogP) is 1.85. The number of methoxy groups -OCH3 is 2. The molecule has 100 valence electrons. The molecular formula is C14H22N2O2. The summed E-state index contributed by atoms with van der Waals surface area (Å²) in [5.74, 6) is 1.72. The van der Waals surface area contributed by atoms with Crippen molar-refractivity contribution in [2.45, 2.75) is 6.92 Å². The molecule has 0 aliphatic carbocycles. The van der Waals surface area contributed by atoms with E-state index < -0.39 is 0 Å². The fourth-order valence-corrected chi connectivity index (χ4v) is 2.35. The van der Waals surface area contributed by atoms with Gasteiger partial charge in [0.1, 0.15) is 11.5 Å². The van der Waals surface area contributed by atoms with Crippen LogP contribution in [0.2, 0.25) is 0 Å². The van der Waals surface area contributed by atoms with Crippen LogP contribution in [0.3, 0.4) is 0 Å². The first-order chi connectivity index (χ1) is 8.78. The van der Waals surface area contributed by atoms with Gasteiger partial charge in [-0.15, -0.1) is 0 Å². The van der Waals surface area contributed by atoms with E-state index in [-0.39, 0.29) is 0 Å². The molecule has 18 heavy (non-hydrogen) atoms. The lowest BCUT2D eigenvalue weighted by atomic mass is 10.2. The van der Waals surface area contributed by atoms with Gasteiger partial charge in [0.15, 0.2) is 0 Å². The zero-order chi connectivity index (χ0) is 13.0. The van der Waals surface area contributed by atoms with Gasteiger partial charge in [0.05, 0.1) is 19.9 Å². The second kappa shape index (κ2) is 5.96. The molecule has 0 amide bonds. The Bertz CT molecular complexity index is 387. The molecule has 1 saturated heterocycles. The second-order valence-corrected chi connectivity index (χ2v) is 4.46. The maximum absolute atomic E-state index is 5.46. The number of rotatable bonds is 4. The van der Waals surface area contributed by atoms with Crippen LogP contribution >= 0.6 is 0 Å². The van der Waals surface area contributed by atoms with E-state index in [2.05, 4.69) is 22.8 Å². The molecule has 0 unspecified atom stereocenters. The second-order valence-electron chi connectivity index (χ2n) is 4.46. The lowest BCUT2D eigenvalue weighted by Crippen LogP contribution is -2.46. The number of hydrogen-bond donors (Lipinski definition) is 0. The topological polar surface area (TPSA) is 24.9 Å². The van der Waals surface area contributed by atoms with Crippen LogP contribution in [-0.4, -0.2) is 51.8 Å². The largest absolute Gasteiger partial charge is 0.497 e. The smallest absolute Gasteiger partial charge is 0.145 e. The number of ether oxygens (including phenoxy) is 2. The number of nitrogens with zero attached hydrogens (tertiary/aromatic N) is 2. The Kier molecular flexibility index (Phi) is 4.31. The van der Waals surface area contributed by atoms with Crippen molar-refractivity contribution in [1.82, 2.24) is 4.90 Å². The van der Waals surface area contributed by atoms with Gasteiger partial charge in [-0.3, -0.25) is 0 Å². The number of hydrogen-bond acceptors (Lipinski definition) is 4. The summed E-state index contributed by atoms with van der Waals surface area (Å²) in [7, 11) is 3.38. The van der Waals surface area contributed by atoms with Crippen LogP contribution in [0, 0.1) is 0 Å². The van der Waals surface area contributed by atoms with Crippen molar-refractivity contribution in [2.24, 2.45) is 0 Å². The number of piperazine rings is 1. The van der Waals surface area contributed by atoms with E-state index in [1.807, 2.05) is 12.1 Å². The first-order valence-corrected chi connectivity index (χ1v) is 6.47. The molecule has 4 nitrogen and oxygen atoms in total. The molecule has 0 N–H and O–H groups in total. The van der Waals surface area contributed by atoms with Crippen molar-refractivity contribution >= 4 is 5.69 Å². The molecule has 0 saturated carbocycles. The van der Waals surface area contributed by atoms with Crippen LogP contribution < -0.4 is 14.4 Å². The van der Waals surface area contributed by atoms with Gasteiger partial charge in [0.2, 0.25) is 0 Å². The van der Waals surface area contributed by atoms with Crippen molar-refractivity contribution < 1.29 is 9.47 Å². The van der Waals surface area contributed by atoms with E-state index in [1.165, 1.54) is 0 Å². The Morgan fingerprint density at radius 1 is 1.06 bits per heavy atom. The minimum atomic E-state index is 0.836. The first-order valence-electron chi connectivity index (χ1n) is 6.47. The highest BCUT2D eigenvalue weighted by Gasteiger charge is 2.18. The van der Waals surface area contributed by atoms with Crippen LogP contribution in [0.5, 0.6) is 11.5 Å². The summed E-state index contributed by atoms with van der Waals surface area (Å²) in [6.07, 6.45) is 0. The van der Waals surface area contributed by atoms with Crippen LogP contribution in [0.25, 0.3) is 0 Å². The maximum atomic E-state index is 5.46. The highest BCUT2D eigenvalue weighted by molar-refractivity contribution is 5.61. The van der Waals surface area contributed by atoms with Gasteiger partial charge >= 0.3 is 0 Å². The van der Waals surface area contributed by atoms with Gasteiger partial charge in [0, 0.05) is 32.2 Å². The summed E-state index contributed by atoms with van der Waals surface area (Å²) in [6, 6.07) is 6.02. The molecule has 0 spiro atoms. The molecule has 1 aromatic carbocycles. The Morgan fingerprint density at radius 2 is 1.78 bits per heavy atom. The summed E-state index contributed by atoms with van der Waals surface area (Å²) >= 11 is 0. The minimum Gasteiger partial charge on any atom is -0.497 e. The zero-order valence-electron chi connectivity index (χ0n) is 11.5. The van der Waals surface area contributed by atoms with Crippen LogP contribution in [0.1, 0.15) is 6.92 Å². The molecule has 0 atom stereocenters. The summed E-state index contributed by atoms with van der Waals surface area (Å²) in [4.78, 5) is 4.84. The molecule has 1 fully saturated rings. The monoisotopic (exact) mass is 250 g/mol. The Balaban J connectivity index is 2.13. The molecule has 4 heteroatoms. The number of likely N-dealkylation sites (N-methyl/N-ethyl adjacent to an activating group) is 1. The average Bonchev–Trinajstić information content (AvgIpc) is 2.46. The zero-order valence-corrected chi connectivity index (χ0v) is 11.5. The quantitative estimate of drug-likeness (QED) is 0.814. The average molecular weight is 250 g/mol. The fourth-order valence-electron chi connectivity index (χ4n) is 2.35. The summed E-state index contributed by atoms with van der Waals surface area (Å²) in [5.41, 5.74) is 1.16. The van der Waals surface area contributed by atoms with Crippen LogP contribution in [0.15, 0.2) is 18.2 Å². The van der Waals surface area contributed by atoms with Crippen molar-refractivity contribution in [3.05, 3.63) is 18.2 Å². The third-order valence-electron chi connectivity index (χ3n) is 3.55. The molecule has 0 radical (unpaired) electrons. The van der Waals surface area contributed by atoms with E-state index in [1.54, 1.807) is 14.2 Å². The van der Waals surface area contributed by atoms with E-state index in [0.29, 0.717) is 0 Å². The fraction of sp³-hybridized carbons (Fsp3) is 0.571. The molecule has 0 bridgehead atoms. The Hall–Kier alpha value is -1.42. The van der Waals surface area contributed by atoms with Crippen molar-refractivity contribution in [1.29, 1.82) is 0 Å². The van der Waals surface area contributed by atoms with Crippen molar-refractivity contribution in [3.63, 3.8) is 0 Å². The van der Waals surface area contributed by atoms with Gasteiger partial charge < -0.3 is 19.3 Å². The lowest BCUT2D eigenvalue weighted by Gasteiger charge is -2.36. The van der Waals surface area contributed by atoms with Gasteiger partial charge in [-0.1, -0.05) is 6.92 Å². The SMILES string of the molecule is CCN1CCN(c2ccc(OC)cc2OC)CC1. The molecule has 1 aromatic rings. The lowest BCUT2D eigenvalue weighted by molar-refractivity contribution is 0.270. The molecule has 2 rings (SSSR count). The summed E-state index contributed by atoms with van der Waals surface area (Å²) in [6.45, 7) is 7.68. The van der Waals surface area contributed by atoms with Crippen molar-refractivity contribution in [2.75, 3.05) is 51.8 Å². The van der Waals surface area contributed by atoms with E-state index in [9.17, 15) is 0 Å². The highest BCUT2D eigenvalue weighted by atomic mass is 16.5. The Morgan fingerprint density at radius 3 is 2.33 bits per heavy atom.